The number of ether oxygens (including phenoxy) is 3. The fourth-order valence-electron chi connectivity index (χ4n) is 5.91. The third-order valence-electron chi connectivity index (χ3n) is 8.03. The Morgan fingerprint density at radius 1 is 1.12 bits per heavy atom. The average molecular weight is 693 g/mol. The first-order valence-electron chi connectivity index (χ1n) is 15.7. The summed E-state index contributed by atoms with van der Waals surface area (Å²) in [6, 6.07) is -0.0468. The van der Waals surface area contributed by atoms with Gasteiger partial charge in [-0.15, -0.1) is 0 Å². The number of carbonyl (C=O) groups is 4. The lowest BCUT2D eigenvalue weighted by Gasteiger charge is -2.45. The van der Waals surface area contributed by atoms with Crippen LogP contribution >= 0.6 is 0 Å². The lowest BCUT2D eigenvalue weighted by atomic mass is 9.93. The Morgan fingerprint density at radius 2 is 1.77 bits per heavy atom. The largest absolute Gasteiger partial charge is 0.476 e. The van der Waals surface area contributed by atoms with Crippen LogP contribution in [0.4, 0.5) is 32.4 Å². The van der Waals surface area contributed by atoms with E-state index in [9.17, 15) is 41.1 Å². The predicted molar refractivity (Wildman–Crippen MR) is 165 cm³/mol. The number of nitrogens with zero attached hydrogens (tertiary/aromatic N) is 3. The molecule has 1 aromatic rings. The van der Waals surface area contributed by atoms with Crippen LogP contribution < -0.4 is 15.0 Å². The van der Waals surface area contributed by atoms with E-state index in [0.29, 0.717) is 31.9 Å². The SMILES string of the molecule is COCC[C@@H]1CC[C@@H](N(C(=O)c2cc3c(cc2C(F)(F)F)OC(C)(C)C(=O)N3CCNC(=O)C(F)F)C(C)C)CN1C(=O)OC(C)(C)C. The summed E-state index contributed by atoms with van der Waals surface area (Å²) in [6.45, 7) is 10.6. The highest BCUT2D eigenvalue weighted by molar-refractivity contribution is 6.05. The highest BCUT2D eigenvalue weighted by atomic mass is 19.4. The number of likely N-dealkylation sites (tertiary alicyclic amines) is 1. The van der Waals surface area contributed by atoms with Gasteiger partial charge < -0.3 is 34.2 Å². The predicted octanol–water partition coefficient (Wildman–Crippen LogP) is 5.25. The van der Waals surface area contributed by atoms with Gasteiger partial charge in [-0.3, -0.25) is 14.4 Å². The average Bonchev–Trinajstić information content (AvgIpc) is 2.95. The maximum atomic E-state index is 14.6. The number of piperidine rings is 1. The quantitative estimate of drug-likeness (QED) is 0.333. The zero-order valence-electron chi connectivity index (χ0n) is 28.5. The molecule has 0 aromatic heterocycles. The number of hydrogen-bond acceptors (Lipinski definition) is 7. The van der Waals surface area contributed by atoms with Crippen molar-refractivity contribution in [3.8, 4) is 5.75 Å². The Morgan fingerprint density at radius 3 is 2.31 bits per heavy atom. The van der Waals surface area contributed by atoms with Crippen molar-refractivity contribution >= 4 is 29.5 Å². The van der Waals surface area contributed by atoms with E-state index in [1.54, 1.807) is 34.6 Å². The summed E-state index contributed by atoms with van der Waals surface area (Å²) in [4.78, 5) is 56.1. The summed E-state index contributed by atoms with van der Waals surface area (Å²) in [5, 5.41) is 1.97. The van der Waals surface area contributed by atoms with E-state index in [4.69, 9.17) is 14.2 Å². The molecule has 0 radical (unpaired) electrons. The Balaban J connectivity index is 2.07. The molecule has 270 valence electrons. The van der Waals surface area contributed by atoms with E-state index in [-0.39, 0.29) is 30.6 Å². The molecule has 0 spiro atoms. The summed E-state index contributed by atoms with van der Waals surface area (Å²) in [6.07, 6.45) is -7.67. The Hall–Kier alpha value is -3.69. The molecule has 0 bridgehead atoms. The van der Waals surface area contributed by atoms with E-state index < -0.39 is 77.4 Å². The minimum atomic E-state index is -5.02. The van der Waals surface area contributed by atoms with Gasteiger partial charge in [-0.2, -0.15) is 22.0 Å². The van der Waals surface area contributed by atoms with E-state index in [2.05, 4.69) is 0 Å². The maximum Gasteiger partial charge on any atom is 0.417 e. The van der Waals surface area contributed by atoms with Gasteiger partial charge in [0.05, 0.1) is 22.9 Å². The van der Waals surface area contributed by atoms with E-state index >= 15 is 0 Å². The molecule has 4 amide bonds. The minimum absolute atomic E-state index is 0.00868. The first-order valence-corrected chi connectivity index (χ1v) is 15.7. The van der Waals surface area contributed by atoms with Gasteiger partial charge in [-0.1, -0.05) is 0 Å². The maximum absolute atomic E-state index is 14.6. The molecule has 1 N–H and O–H groups in total. The number of alkyl halides is 5. The molecule has 1 saturated heterocycles. The van der Waals surface area contributed by atoms with E-state index in [1.165, 1.54) is 30.8 Å². The zero-order chi connectivity index (χ0) is 36.4. The number of amides is 4. The number of methoxy groups -OCH3 is 1. The highest BCUT2D eigenvalue weighted by Gasteiger charge is 2.46. The smallest absolute Gasteiger partial charge is 0.417 e. The second-order valence-electron chi connectivity index (χ2n) is 13.6. The van der Waals surface area contributed by atoms with Crippen molar-refractivity contribution in [3.05, 3.63) is 23.3 Å². The van der Waals surface area contributed by atoms with Crippen LogP contribution in [-0.4, -0.2) is 103 Å². The van der Waals surface area contributed by atoms with Crippen LogP contribution in [0.15, 0.2) is 12.1 Å². The Bertz CT molecular complexity index is 1360. The minimum Gasteiger partial charge on any atom is -0.476 e. The van der Waals surface area contributed by atoms with Crippen molar-refractivity contribution in [2.75, 3.05) is 38.3 Å². The number of halogens is 5. The number of hydrogen-bond donors (Lipinski definition) is 1. The lowest BCUT2D eigenvalue weighted by Crippen LogP contribution is -2.58. The van der Waals surface area contributed by atoms with Gasteiger partial charge in [0, 0.05) is 45.4 Å². The Labute approximate surface area is 277 Å². The van der Waals surface area contributed by atoms with Gasteiger partial charge in [-0.05, 0) is 79.9 Å². The summed E-state index contributed by atoms with van der Waals surface area (Å²) >= 11 is 0. The molecule has 2 atom stereocenters. The lowest BCUT2D eigenvalue weighted by molar-refractivity contribution is -0.138. The molecule has 11 nitrogen and oxygen atoms in total. The van der Waals surface area contributed by atoms with Gasteiger partial charge in [-0.25, -0.2) is 4.79 Å². The first kappa shape index (κ1) is 38.8. The summed E-state index contributed by atoms with van der Waals surface area (Å²) < 4.78 is 85.8. The standard InChI is InChI=1S/C32H45F5N4O7/c1-18(2)41(20-10-9-19(11-14-46-8)40(17-20)29(45)48-30(3,4)5)27(43)21-15-23-24(16-22(21)32(35,36)37)47-31(6,7)28(44)39(23)13-12-38-26(42)25(33)34/h15-16,18-20,25H,9-14,17H2,1-8H3,(H,38,42)/t19-,20+/m0/s1. The van der Waals surface area contributed by atoms with Crippen LogP contribution in [0.2, 0.25) is 0 Å². The van der Waals surface area contributed by atoms with Gasteiger partial charge in [0.25, 0.3) is 17.7 Å². The van der Waals surface area contributed by atoms with Gasteiger partial charge in [0.2, 0.25) is 0 Å². The van der Waals surface area contributed by atoms with Crippen molar-refractivity contribution in [1.82, 2.24) is 15.1 Å². The van der Waals surface area contributed by atoms with Gasteiger partial charge >= 0.3 is 18.7 Å². The third kappa shape index (κ3) is 9.05. The van der Waals surface area contributed by atoms with Crippen molar-refractivity contribution in [2.24, 2.45) is 0 Å². The molecule has 0 saturated carbocycles. The molecule has 2 aliphatic rings. The summed E-state index contributed by atoms with van der Waals surface area (Å²) in [7, 11) is 1.53. The fraction of sp³-hybridized carbons (Fsp3) is 0.688. The van der Waals surface area contributed by atoms with Gasteiger partial charge in [0.1, 0.15) is 11.4 Å². The normalized spacial score (nSPS) is 19.6. The monoisotopic (exact) mass is 692 g/mol. The Kier molecular flexibility index (Phi) is 12.0. The van der Waals surface area contributed by atoms with Crippen molar-refractivity contribution in [2.45, 2.75) is 110 Å². The molecule has 2 aliphatic heterocycles. The van der Waals surface area contributed by atoms with Crippen LogP contribution in [-0.2, 0) is 25.2 Å². The van der Waals surface area contributed by atoms with Gasteiger partial charge in [0.15, 0.2) is 5.60 Å². The van der Waals surface area contributed by atoms with Crippen LogP contribution in [0, 0.1) is 0 Å². The molecule has 16 heteroatoms. The van der Waals surface area contributed by atoms with Crippen LogP contribution in [0.3, 0.4) is 0 Å². The van der Waals surface area contributed by atoms with Crippen LogP contribution in [0.5, 0.6) is 5.75 Å². The fourth-order valence-corrected chi connectivity index (χ4v) is 5.91. The van der Waals surface area contributed by atoms with E-state index in [0.717, 1.165) is 11.0 Å². The molecule has 2 heterocycles. The summed E-state index contributed by atoms with van der Waals surface area (Å²) in [5.41, 5.74) is -4.73. The van der Waals surface area contributed by atoms with Crippen LogP contribution in [0.25, 0.3) is 0 Å². The molecular weight excluding hydrogens is 647 g/mol. The number of fused-ring (bicyclic) bond motifs is 1. The molecule has 48 heavy (non-hydrogen) atoms. The number of carbonyl (C=O) groups excluding carboxylic acids is 4. The number of rotatable bonds is 10. The molecule has 1 fully saturated rings. The number of nitrogens with one attached hydrogen (secondary N) is 1. The second kappa shape index (κ2) is 14.8. The molecule has 0 aliphatic carbocycles. The molecular formula is C32H45F5N4O7. The number of benzene rings is 1. The summed E-state index contributed by atoms with van der Waals surface area (Å²) in [5.74, 6) is -3.65. The molecule has 0 unspecified atom stereocenters. The van der Waals surface area contributed by atoms with Crippen molar-refractivity contribution in [3.63, 3.8) is 0 Å². The van der Waals surface area contributed by atoms with Crippen molar-refractivity contribution in [1.29, 1.82) is 0 Å². The molecule has 3 rings (SSSR count). The molecule has 1 aromatic carbocycles. The zero-order valence-corrected chi connectivity index (χ0v) is 28.5. The number of anilines is 1. The third-order valence-corrected chi connectivity index (χ3v) is 8.03. The van der Waals surface area contributed by atoms with Crippen molar-refractivity contribution < 1.29 is 55.3 Å². The highest BCUT2D eigenvalue weighted by Crippen LogP contribution is 2.44. The van der Waals surface area contributed by atoms with E-state index in [1.807, 2.05) is 5.32 Å². The second-order valence-corrected chi connectivity index (χ2v) is 13.6. The topological polar surface area (TPSA) is 118 Å². The first-order chi connectivity index (χ1) is 22.1. The van der Waals surface area contributed by atoms with Crippen LogP contribution in [0.1, 0.15) is 83.7 Å².